The van der Waals surface area contributed by atoms with E-state index in [9.17, 15) is 26.4 Å². The van der Waals surface area contributed by atoms with E-state index in [0.717, 1.165) is 43.1 Å². The van der Waals surface area contributed by atoms with Gasteiger partial charge in [-0.25, -0.2) is 18.2 Å². The number of H-pyrrole nitrogens is 1. The Morgan fingerprint density at radius 2 is 1.62 bits per heavy atom. The summed E-state index contributed by atoms with van der Waals surface area (Å²) < 4.78 is 61.6. The second-order valence-corrected chi connectivity index (χ2v) is 14.0. The van der Waals surface area contributed by atoms with E-state index in [4.69, 9.17) is 0 Å². The number of rotatable bonds is 5. The van der Waals surface area contributed by atoms with Crippen LogP contribution in [-0.4, -0.2) is 71.1 Å². The van der Waals surface area contributed by atoms with Crippen molar-refractivity contribution in [2.45, 2.75) is 66.5 Å². The molecule has 3 heterocycles. The zero-order valence-corrected chi connectivity index (χ0v) is 21.0. The third-order valence-electron chi connectivity index (χ3n) is 9.11. The quantitative estimate of drug-likeness (QED) is 0.624. The van der Waals surface area contributed by atoms with Gasteiger partial charge in [0.2, 0.25) is 0 Å². The molecule has 198 valence electrons. The van der Waals surface area contributed by atoms with E-state index in [2.05, 4.69) is 15.2 Å². The van der Waals surface area contributed by atoms with Crippen molar-refractivity contribution >= 4 is 15.9 Å². The summed E-state index contributed by atoms with van der Waals surface area (Å²) in [5.41, 5.74) is -3.97. The maximum Gasteiger partial charge on any atom is 0.498 e. The van der Waals surface area contributed by atoms with Crippen LogP contribution >= 0.6 is 0 Å². The molecule has 1 spiro atoms. The van der Waals surface area contributed by atoms with Crippen LogP contribution in [0, 0.1) is 5.41 Å². The lowest BCUT2D eigenvalue weighted by Crippen LogP contribution is -2.67. The minimum Gasteiger partial charge on any atom is -0.323 e. The number of nitrogens with zero attached hydrogens (tertiary/aromatic N) is 4. The largest absolute Gasteiger partial charge is 0.498 e. The Kier molecular flexibility index (Phi) is 4.75. The molecule has 2 amide bonds. The van der Waals surface area contributed by atoms with Gasteiger partial charge < -0.3 is 9.80 Å². The maximum absolute atomic E-state index is 13.1. The number of hydrogen-bond donors (Lipinski definition) is 1. The summed E-state index contributed by atoms with van der Waals surface area (Å²) in [6.45, 7) is 2.62. The molecular formula is C25H28F3N5O3S. The van der Waals surface area contributed by atoms with Crippen molar-refractivity contribution in [2.75, 3.05) is 26.2 Å². The van der Waals surface area contributed by atoms with Crippen LogP contribution in [0.2, 0.25) is 0 Å². The number of carbonyl (C=O) groups is 1. The number of nitrogens with one attached hydrogen (secondary N) is 1. The van der Waals surface area contributed by atoms with Gasteiger partial charge >= 0.3 is 11.5 Å². The van der Waals surface area contributed by atoms with Gasteiger partial charge in [0, 0.05) is 49.3 Å². The maximum atomic E-state index is 13.1. The van der Waals surface area contributed by atoms with Crippen LogP contribution in [-0.2, 0) is 14.6 Å². The van der Waals surface area contributed by atoms with Crippen molar-refractivity contribution in [2.24, 2.45) is 5.41 Å². The molecule has 0 bridgehead atoms. The Balaban J connectivity index is 0.905. The number of alkyl halides is 3. The summed E-state index contributed by atoms with van der Waals surface area (Å²) in [6, 6.07) is 6.45. The summed E-state index contributed by atoms with van der Waals surface area (Å²) >= 11 is 0. The highest BCUT2D eigenvalue weighted by Gasteiger charge is 2.66. The monoisotopic (exact) mass is 535 g/mol. The standard InChI is InChI=1S/C25H28F3N5O3S/c26-25(27,28)37(35,36)24(7-8-24)19-5-3-15(4-6-19)18-11-32(12-18)22(34)33-13-23(14-33)9-17(10-23)21-29-20(30-31-21)16-1-2-16/h3-6,16-18H,1-2,7-14H2,(H,29,30,31). The second-order valence-electron chi connectivity index (χ2n) is 11.8. The van der Waals surface area contributed by atoms with Gasteiger partial charge in [-0.05, 0) is 49.7 Å². The van der Waals surface area contributed by atoms with Crippen LogP contribution in [0.4, 0.5) is 18.0 Å². The molecule has 8 nitrogen and oxygen atoms in total. The van der Waals surface area contributed by atoms with Crippen molar-refractivity contribution in [3.8, 4) is 0 Å². The molecule has 37 heavy (non-hydrogen) atoms. The lowest BCUT2D eigenvalue weighted by Gasteiger charge is -2.59. The van der Waals surface area contributed by atoms with Crippen LogP contribution in [0.1, 0.15) is 79.1 Å². The molecule has 12 heteroatoms. The first kappa shape index (κ1) is 23.5. The zero-order chi connectivity index (χ0) is 25.8. The Morgan fingerprint density at radius 3 is 2.19 bits per heavy atom. The normalized spacial score (nSPS) is 24.9. The Morgan fingerprint density at radius 1 is 0.973 bits per heavy atom. The number of sulfone groups is 1. The highest BCUT2D eigenvalue weighted by Crippen LogP contribution is 2.58. The van der Waals surface area contributed by atoms with Gasteiger partial charge in [-0.3, -0.25) is 5.10 Å². The number of hydrogen-bond acceptors (Lipinski definition) is 5. The van der Waals surface area contributed by atoms with E-state index in [1.54, 1.807) is 17.0 Å². The first-order chi connectivity index (χ1) is 17.5. The smallest absolute Gasteiger partial charge is 0.323 e. The molecule has 0 unspecified atom stereocenters. The number of aromatic nitrogens is 3. The third kappa shape index (κ3) is 3.54. The first-order valence-corrected chi connectivity index (χ1v) is 14.4. The van der Waals surface area contributed by atoms with Crippen molar-refractivity contribution in [1.29, 1.82) is 0 Å². The fourth-order valence-corrected chi connectivity index (χ4v) is 8.02. The average Bonchev–Trinajstić information content (AvgIpc) is 3.69. The van der Waals surface area contributed by atoms with Gasteiger partial charge in [0.05, 0.1) is 0 Å². The van der Waals surface area contributed by atoms with Crippen LogP contribution < -0.4 is 0 Å². The van der Waals surface area contributed by atoms with Gasteiger partial charge in [0.25, 0.3) is 9.84 Å². The number of urea groups is 1. The predicted molar refractivity (Wildman–Crippen MR) is 126 cm³/mol. The topological polar surface area (TPSA) is 99.3 Å². The molecule has 5 fully saturated rings. The highest BCUT2D eigenvalue weighted by molar-refractivity contribution is 7.93. The average molecular weight is 536 g/mol. The molecule has 1 N–H and O–H groups in total. The second kappa shape index (κ2) is 7.48. The number of amides is 2. The number of benzene rings is 1. The molecule has 0 radical (unpaired) electrons. The fourth-order valence-electron chi connectivity index (χ4n) is 6.49. The Hall–Kier alpha value is -2.63. The molecular weight excluding hydrogens is 507 g/mol. The third-order valence-corrected chi connectivity index (χ3v) is 11.4. The summed E-state index contributed by atoms with van der Waals surface area (Å²) in [5.74, 6) is 2.96. The van der Waals surface area contributed by atoms with E-state index in [0.29, 0.717) is 24.9 Å². The molecule has 7 rings (SSSR count). The zero-order valence-electron chi connectivity index (χ0n) is 20.2. The van der Waals surface area contributed by atoms with E-state index < -0.39 is 20.1 Å². The molecule has 2 saturated heterocycles. The van der Waals surface area contributed by atoms with Crippen LogP contribution in [0.3, 0.4) is 0 Å². The SMILES string of the molecule is O=C(N1CC(c2ccc(C3(S(=O)(=O)C(F)(F)F)CC3)cc2)C1)N1CC2(CC(c3n[nH]c(C4CC4)n3)C2)C1. The van der Waals surface area contributed by atoms with Gasteiger partial charge in [-0.2, -0.15) is 18.3 Å². The van der Waals surface area contributed by atoms with E-state index in [-0.39, 0.29) is 35.8 Å². The van der Waals surface area contributed by atoms with Crippen molar-refractivity contribution < 1.29 is 26.4 Å². The van der Waals surface area contributed by atoms with Crippen molar-refractivity contribution in [3.63, 3.8) is 0 Å². The molecule has 1 aromatic heterocycles. The van der Waals surface area contributed by atoms with Gasteiger partial charge in [0.1, 0.15) is 10.6 Å². The van der Waals surface area contributed by atoms with E-state index >= 15 is 0 Å². The minimum absolute atomic E-state index is 0.0162. The number of aromatic amines is 1. The van der Waals surface area contributed by atoms with Crippen LogP contribution in [0.5, 0.6) is 0 Å². The van der Waals surface area contributed by atoms with E-state index in [1.165, 1.54) is 25.0 Å². The van der Waals surface area contributed by atoms with Gasteiger partial charge in [-0.1, -0.05) is 24.3 Å². The lowest BCUT2D eigenvalue weighted by atomic mass is 9.57. The molecule has 3 saturated carbocycles. The summed E-state index contributed by atoms with van der Waals surface area (Å²) in [7, 11) is -5.26. The predicted octanol–water partition coefficient (Wildman–Crippen LogP) is 4.00. The fraction of sp³-hybridized carbons (Fsp3) is 0.640. The van der Waals surface area contributed by atoms with Gasteiger partial charge in [-0.15, -0.1) is 0 Å². The molecule has 0 atom stereocenters. The van der Waals surface area contributed by atoms with Crippen LogP contribution in [0.15, 0.2) is 24.3 Å². The summed E-state index contributed by atoms with van der Waals surface area (Å²) in [6.07, 6.45) is 4.37. The molecule has 5 aliphatic rings. The number of likely N-dealkylation sites (tertiary alicyclic amines) is 2. The number of halogens is 3. The molecule has 1 aromatic carbocycles. The van der Waals surface area contributed by atoms with Crippen molar-refractivity contribution in [3.05, 3.63) is 47.0 Å². The number of carbonyl (C=O) groups excluding carboxylic acids is 1. The Bertz CT molecular complexity index is 1340. The summed E-state index contributed by atoms with van der Waals surface area (Å²) in [4.78, 5) is 21.3. The van der Waals surface area contributed by atoms with Gasteiger partial charge in [0.15, 0.2) is 5.82 Å². The molecule has 2 aromatic rings. The van der Waals surface area contributed by atoms with Crippen LogP contribution in [0.25, 0.3) is 0 Å². The Labute approximate surface area is 212 Å². The first-order valence-electron chi connectivity index (χ1n) is 12.9. The highest BCUT2D eigenvalue weighted by atomic mass is 32.2. The van der Waals surface area contributed by atoms with E-state index in [1.807, 2.05) is 4.90 Å². The lowest BCUT2D eigenvalue weighted by molar-refractivity contribution is -0.0601. The molecule has 2 aliphatic heterocycles. The molecule has 3 aliphatic carbocycles. The van der Waals surface area contributed by atoms with Crippen molar-refractivity contribution in [1.82, 2.24) is 25.0 Å². The summed E-state index contributed by atoms with van der Waals surface area (Å²) in [5, 5.41) is 7.48. The minimum atomic E-state index is -5.26.